The van der Waals surface area contributed by atoms with Crippen LogP contribution in [-0.2, 0) is 17.9 Å². The van der Waals surface area contributed by atoms with Gasteiger partial charge in [-0.25, -0.2) is 4.99 Å². The van der Waals surface area contributed by atoms with Crippen molar-refractivity contribution in [3.05, 3.63) is 52.8 Å². The number of aromatic nitrogens is 2. The largest absolute Gasteiger partial charge is 0.357 e. The number of guanidine groups is 1. The number of nitrogens with zero attached hydrogens (tertiary/aromatic N) is 4. The molecule has 7 nitrogen and oxygen atoms in total. The number of carbonyl (C=O) groups is 1. The summed E-state index contributed by atoms with van der Waals surface area (Å²) in [6, 6.07) is 10.3. The topological polar surface area (TPSA) is 74.5 Å². The molecule has 0 atom stereocenters. The number of benzene rings is 1. The van der Waals surface area contributed by atoms with Crippen LogP contribution in [0, 0.1) is 13.8 Å². The van der Waals surface area contributed by atoms with Crippen molar-refractivity contribution in [3.63, 3.8) is 0 Å². The van der Waals surface area contributed by atoms with Crippen LogP contribution in [0.4, 0.5) is 0 Å². The Bertz CT molecular complexity index is 836. The van der Waals surface area contributed by atoms with E-state index in [4.69, 9.17) is 10.1 Å². The maximum atomic E-state index is 12.3. The van der Waals surface area contributed by atoms with Gasteiger partial charge in [-0.1, -0.05) is 30.3 Å². The highest BCUT2D eigenvalue weighted by Crippen LogP contribution is 2.16. The molecule has 2 aromatic rings. The van der Waals surface area contributed by atoms with E-state index in [1.807, 2.05) is 41.6 Å². The van der Waals surface area contributed by atoms with Crippen molar-refractivity contribution in [1.29, 1.82) is 0 Å². The minimum absolute atomic E-state index is 0.135. The predicted molar refractivity (Wildman–Crippen MR) is 116 cm³/mol. The number of nitrogens with one attached hydrogen (secondary N) is 2. The highest BCUT2D eigenvalue weighted by atomic mass is 16.2. The van der Waals surface area contributed by atoms with Gasteiger partial charge >= 0.3 is 0 Å². The van der Waals surface area contributed by atoms with E-state index in [1.54, 1.807) is 0 Å². The van der Waals surface area contributed by atoms with Crippen LogP contribution in [0.1, 0.15) is 42.3 Å². The van der Waals surface area contributed by atoms with E-state index >= 15 is 0 Å². The fraction of sp³-hybridized carbons (Fsp3) is 0.500. The van der Waals surface area contributed by atoms with Crippen molar-refractivity contribution < 1.29 is 4.79 Å². The maximum absolute atomic E-state index is 12.3. The Kier molecular flexibility index (Phi) is 7.27. The lowest BCUT2D eigenvalue weighted by Crippen LogP contribution is -2.44. The molecule has 1 fully saturated rings. The van der Waals surface area contributed by atoms with Crippen LogP contribution in [0.5, 0.6) is 0 Å². The second kappa shape index (κ2) is 10.1. The first-order chi connectivity index (χ1) is 14.1. The number of rotatable bonds is 7. The quantitative estimate of drug-likeness (QED) is 0.556. The van der Waals surface area contributed by atoms with E-state index in [0.717, 1.165) is 56.0 Å². The molecule has 1 saturated heterocycles. The molecule has 156 valence electrons. The van der Waals surface area contributed by atoms with Gasteiger partial charge in [0.1, 0.15) is 0 Å². The minimum Gasteiger partial charge on any atom is -0.357 e. The van der Waals surface area contributed by atoms with Crippen LogP contribution in [-0.4, -0.2) is 52.7 Å². The van der Waals surface area contributed by atoms with Crippen LogP contribution in [0.3, 0.4) is 0 Å². The molecular formula is C22H32N6O. The average molecular weight is 397 g/mol. The van der Waals surface area contributed by atoms with Gasteiger partial charge in [0.15, 0.2) is 5.96 Å². The summed E-state index contributed by atoms with van der Waals surface area (Å²) in [5, 5.41) is 11.1. The summed E-state index contributed by atoms with van der Waals surface area (Å²) in [6.45, 7) is 10.2. The van der Waals surface area contributed by atoms with E-state index in [2.05, 4.69) is 29.7 Å². The van der Waals surface area contributed by atoms with Crippen LogP contribution < -0.4 is 10.6 Å². The minimum atomic E-state index is 0.135. The molecule has 0 unspecified atom stereocenters. The van der Waals surface area contributed by atoms with Crippen LogP contribution in [0.25, 0.3) is 0 Å². The van der Waals surface area contributed by atoms with Gasteiger partial charge in [-0.15, -0.1) is 0 Å². The first-order valence-corrected chi connectivity index (χ1v) is 10.4. The summed E-state index contributed by atoms with van der Waals surface area (Å²) < 4.78 is 2.03. The monoisotopic (exact) mass is 396 g/mol. The Morgan fingerprint density at radius 1 is 1.14 bits per heavy atom. The van der Waals surface area contributed by atoms with Gasteiger partial charge in [-0.2, -0.15) is 5.10 Å². The Morgan fingerprint density at radius 2 is 1.86 bits per heavy atom. The molecule has 2 N–H and O–H groups in total. The van der Waals surface area contributed by atoms with Gasteiger partial charge < -0.3 is 15.5 Å². The van der Waals surface area contributed by atoms with Crippen molar-refractivity contribution in [1.82, 2.24) is 25.3 Å². The van der Waals surface area contributed by atoms with E-state index in [-0.39, 0.29) is 12.5 Å². The van der Waals surface area contributed by atoms with Gasteiger partial charge in [0, 0.05) is 30.9 Å². The number of aryl methyl sites for hydroxylation is 1. The molecule has 0 saturated carbocycles. The molecule has 29 heavy (non-hydrogen) atoms. The van der Waals surface area contributed by atoms with E-state index in [1.165, 1.54) is 5.56 Å². The van der Waals surface area contributed by atoms with Crippen molar-refractivity contribution in [2.75, 3.05) is 26.2 Å². The fourth-order valence-corrected chi connectivity index (χ4v) is 3.61. The number of likely N-dealkylation sites (tertiary alicyclic amines) is 1. The lowest BCUT2D eigenvalue weighted by molar-refractivity contribution is -0.128. The normalized spacial score (nSPS) is 14.3. The number of hydrogen-bond donors (Lipinski definition) is 2. The Labute approximate surface area is 173 Å². The molecular weight excluding hydrogens is 364 g/mol. The zero-order chi connectivity index (χ0) is 20.6. The maximum Gasteiger partial charge on any atom is 0.241 e. The molecule has 0 spiro atoms. The standard InChI is InChI=1S/C22H32N6O/c1-4-23-22(25-15-21(29)27-12-8-9-13-27)24-14-20-17(2)26-28(18(20)3)16-19-10-6-5-7-11-19/h5-7,10-11H,4,8-9,12-16H2,1-3H3,(H2,23,24,25). The summed E-state index contributed by atoms with van der Waals surface area (Å²) in [7, 11) is 0. The third kappa shape index (κ3) is 5.59. The molecule has 0 aliphatic carbocycles. The Balaban J connectivity index is 1.64. The fourth-order valence-electron chi connectivity index (χ4n) is 3.61. The Morgan fingerprint density at radius 3 is 2.55 bits per heavy atom. The predicted octanol–water partition coefficient (Wildman–Crippen LogP) is 2.23. The number of amides is 1. The number of hydrogen-bond acceptors (Lipinski definition) is 3. The van der Waals surface area contributed by atoms with Gasteiger partial charge in [0.2, 0.25) is 5.91 Å². The summed E-state index contributed by atoms with van der Waals surface area (Å²) in [5.41, 5.74) is 4.47. The second-order valence-electron chi connectivity index (χ2n) is 7.43. The van der Waals surface area contributed by atoms with Gasteiger partial charge in [0.25, 0.3) is 0 Å². The van der Waals surface area contributed by atoms with Crippen molar-refractivity contribution in [2.45, 2.75) is 46.7 Å². The average Bonchev–Trinajstić information content (AvgIpc) is 3.34. The molecule has 1 aliphatic rings. The summed E-state index contributed by atoms with van der Waals surface area (Å²) in [4.78, 5) is 18.9. The third-order valence-corrected chi connectivity index (χ3v) is 5.31. The first-order valence-electron chi connectivity index (χ1n) is 10.4. The van der Waals surface area contributed by atoms with Crippen molar-refractivity contribution >= 4 is 11.9 Å². The van der Waals surface area contributed by atoms with E-state index in [9.17, 15) is 4.79 Å². The highest BCUT2D eigenvalue weighted by molar-refractivity contribution is 5.86. The first kappa shape index (κ1) is 20.9. The molecule has 1 amide bonds. The summed E-state index contributed by atoms with van der Waals surface area (Å²) in [6.07, 6.45) is 2.21. The number of carbonyl (C=O) groups excluding carboxylic acids is 1. The zero-order valence-electron chi connectivity index (χ0n) is 17.7. The molecule has 3 rings (SSSR count). The third-order valence-electron chi connectivity index (χ3n) is 5.31. The molecule has 0 radical (unpaired) electrons. The smallest absolute Gasteiger partial charge is 0.241 e. The van der Waals surface area contributed by atoms with Crippen LogP contribution in [0.15, 0.2) is 35.3 Å². The second-order valence-corrected chi connectivity index (χ2v) is 7.43. The summed E-state index contributed by atoms with van der Waals surface area (Å²) in [5.74, 6) is 0.797. The number of aliphatic imine (C=N–C) groups is 1. The van der Waals surface area contributed by atoms with Crippen LogP contribution >= 0.6 is 0 Å². The molecule has 1 aromatic heterocycles. The molecule has 0 bridgehead atoms. The molecule has 1 aliphatic heterocycles. The van der Waals surface area contributed by atoms with Crippen molar-refractivity contribution in [3.8, 4) is 0 Å². The molecule has 7 heteroatoms. The van der Waals surface area contributed by atoms with Crippen LogP contribution in [0.2, 0.25) is 0 Å². The zero-order valence-corrected chi connectivity index (χ0v) is 17.7. The van der Waals surface area contributed by atoms with Gasteiger partial charge in [0.05, 0.1) is 25.3 Å². The highest BCUT2D eigenvalue weighted by Gasteiger charge is 2.18. The lowest BCUT2D eigenvalue weighted by atomic mass is 10.2. The lowest BCUT2D eigenvalue weighted by Gasteiger charge is -2.17. The van der Waals surface area contributed by atoms with Crippen molar-refractivity contribution in [2.24, 2.45) is 4.99 Å². The molecule has 1 aromatic carbocycles. The molecule has 2 heterocycles. The SMILES string of the molecule is CCNC(=NCc1c(C)nn(Cc2ccccc2)c1C)NCC(=O)N1CCCC1. The van der Waals surface area contributed by atoms with E-state index < -0.39 is 0 Å². The summed E-state index contributed by atoms with van der Waals surface area (Å²) >= 11 is 0. The van der Waals surface area contributed by atoms with Gasteiger partial charge in [-0.3, -0.25) is 9.48 Å². The Hall–Kier alpha value is -2.83. The van der Waals surface area contributed by atoms with Gasteiger partial charge in [-0.05, 0) is 39.2 Å². The van der Waals surface area contributed by atoms with E-state index in [0.29, 0.717) is 12.5 Å².